The molecule has 1 fully saturated rings. The van der Waals surface area contributed by atoms with Crippen LogP contribution in [0.2, 0.25) is 0 Å². The molecule has 0 spiro atoms. The lowest BCUT2D eigenvalue weighted by Crippen LogP contribution is -2.20. The summed E-state index contributed by atoms with van der Waals surface area (Å²) in [7, 11) is 0. The van der Waals surface area contributed by atoms with E-state index in [0.29, 0.717) is 11.8 Å². The van der Waals surface area contributed by atoms with Crippen LogP contribution in [-0.4, -0.2) is 25.6 Å². The van der Waals surface area contributed by atoms with Gasteiger partial charge in [0.1, 0.15) is 0 Å². The molecule has 0 aromatic carbocycles. The number of hydrogen-bond donors (Lipinski definition) is 1. The lowest BCUT2D eigenvalue weighted by molar-refractivity contribution is 0.187. The molecule has 0 bridgehead atoms. The normalized spacial score (nSPS) is 25.2. The molecule has 3 nitrogen and oxygen atoms in total. The van der Waals surface area contributed by atoms with Crippen molar-refractivity contribution < 1.29 is 4.74 Å². The maximum Gasteiger partial charge on any atom is 0.0962 e. The van der Waals surface area contributed by atoms with E-state index in [1.165, 1.54) is 0 Å². The number of ether oxygens (including phenoxy) is 1. The average Bonchev–Trinajstić information content (AvgIpc) is 2.51. The Morgan fingerprint density at radius 1 is 1.67 bits per heavy atom. The van der Waals surface area contributed by atoms with Crippen LogP contribution >= 0.6 is 0 Å². The van der Waals surface area contributed by atoms with Crippen LogP contribution in [0.4, 0.5) is 0 Å². The fourth-order valence-electron chi connectivity index (χ4n) is 1.14. The van der Waals surface area contributed by atoms with Gasteiger partial charge in [0.05, 0.1) is 12.4 Å². The molecular formula is C9H18N2O. The Labute approximate surface area is 74.0 Å². The molecule has 0 saturated carbocycles. The van der Waals surface area contributed by atoms with Gasteiger partial charge in [-0.25, -0.2) is 0 Å². The maximum atomic E-state index is 5.70. The molecule has 0 aromatic heterocycles. The minimum atomic E-state index is 0.368. The smallest absolute Gasteiger partial charge is 0.0962 e. The van der Waals surface area contributed by atoms with Gasteiger partial charge in [-0.05, 0) is 6.42 Å². The maximum absolute atomic E-state index is 5.70. The van der Waals surface area contributed by atoms with Gasteiger partial charge in [-0.1, -0.05) is 13.8 Å². The Balaban J connectivity index is 2.26. The first-order valence-corrected chi connectivity index (χ1v) is 4.57. The van der Waals surface area contributed by atoms with E-state index in [1.54, 1.807) is 0 Å². The number of nitrogens with two attached hydrogens (primary N) is 1. The highest BCUT2D eigenvalue weighted by molar-refractivity contribution is 5.82. The van der Waals surface area contributed by atoms with Crippen LogP contribution in [0.25, 0.3) is 0 Å². The SMILES string of the molecule is CC(C)C(N)=NCC1CCOC1. The summed E-state index contributed by atoms with van der Waals surface area (Å²) in [6.07, 6.45) is 1.13. The zero-order valence-electron chi connectivity index (χ0n) is 7.92. The summed E-state index contributed by atoms with van der Waals surface area (Å²) >= 11 is 0. The second-order valence-electron chi connectivity index (χ2n) is 3.65. The fourth-order valence-corrected chi connectivity index (χ4v) is 1.14. The van der Waals surface area contributed by atoms with Crippen molar-refractivity contribution in [3.05, 3.63) is 0 Å². The summed E-state index contributed by atoms with van der Waals surface area (Å²) in [5.74, 6) is 1.73. The molecule has 1 saturated heterocycles. The molecule has 1 aliphatic rings. The van der Waals surface area contributed by atoms with Crippen LogP contribution in [0.15, 0.2) is 4.99 Å². The number of hydrogen-bond acceptors (Lipinski definition) is 2. The zero-order chi connectivity index (χ0) is 8.97. The van der Waals surface area contributed by atoms with Gasteiger partial charge in [0.15, 0.2) is 0 Å². The molecule has 70 valence electrons. The summed E-state index contributed by atoms with van der Waals surface area (Å²) in [5, 5.41) is 0. The third-order valence-corrected chi connectivity index (χ3v) is 2.15. The molecule has 0 aromatic rings. The summed E-state index contributed by atoms with van der Waals surface area (Å²) in [4.78, 5) is 4.32. The van der Waals surface area contributed by atoms with E-state index in [4.69, 9.17) is 10.5 Å². The monoisotopic (exact) mass is 170 g/mol. The second-order valence-corrected chi connectivity index (χ2v) is 3.65. The largest absolute Gasteiger partial charge is 0.387 e. The fraction of sp³-hybridized carbons (Fsp3) is 0.889. The van der Waals surface area contributed by atoms with Gasteiger partial charge in [-0.15, -0.1) is 0 Å². The lowest BCUT2D eigenvalue weighted by Gasteiger charge is -2.06. The third kappa shape index (κ3) is 2.81. The Morgan fingerprint density at radius 3 is 2.92 bits per heavy atom. The standard InChI is InChI=1S/C9H18N2O/c1-7(2)9(10)11-5-8-3-4-12-6-8/h7-8H,3-6H2,1-2H3,(H2,10,11). The first-order valence-electron chi connectivity index (χ1n) is 4.57. The van der Waals surface area contributed by atoms with Crippen molar-refractivity contribution in [3.8, 4) is 0 Å². The highest BCUT2D eigenvalue weighted by Crippen LogP contribution is 2.12. The van der Waals surface area contributed by atoms with E-state index < -0.39 is 0 Å². The molecule has 0 aliphatic carbocycles. The zero-order valence-corrected chi connectivity index (χ0v) is 7.92. The minimum absolute atomic E-state index is 0.368. The van der Waals surface area contributed by atoms with Crippen molar-refractivity contribution in [2.45, 2.75) is 20.3 Å². The topological polar surface area (TPSA) is 47.6 Å². The number of aliphatic imine (C=N–C) groups is 1. The van der Waals surface area contributed by atoms with Gasteiger partial charge in [-0.3, -0.25) is 4.99 Å². The molecule has 12 heavy (non-hydrogen) atoms. The molecule has 3 heteroatoms. The molecule has 1 unspecified atom stereocenters. The molecule has 0 radical (unpaired) electrons. The Morgan fingerprint density at radius 2 is 2.42 bits per heavy atom. The van der Waals surface area contributed by atoms with E-state index in [0.717, 1.165) is 32.0 Å². The van der Waals surface area contributed by atoms with E-state index in [1.807, 2.05) is 0 Å². The molecule has 1 atom stereocenters. The average molecular weight is 170 g/mol. The van der Waals surface area contributed by atoms with Crippen LogP contribution < -0.4 is 5.73 Å². The molecule has 1 heterocycles. The molecule has 2 N–H and O–H groups in total. The lowest BCUT2D eigenvalue weighted by atomic mass is 10.1. The van der Waals surface area contributed by atoms with Crippen LogP contribution in [0.1, 0.15) is 20.3 Å². The number of nitrogens with zero attached hydrogens (tertiary/aromatic N) is 1. The highest BCUT2D eigenvalue weighted by Gasteiger charge is 2.14. The predicted molar refractivity (Wildman–Crippen MR) is 50.3 cm³/mol. The summed E-state index contributed by atoms with van der Waals surface area (Å²) in [6.45, 7) is 6.70. The second kappa shape index (κ2) is 4.45. The van der Waals surface area contributed by atoms with Gasteiger partial charge in [0, 0.05) is 25.0 Å². The molecule has 1 rings (SSSR count). The Bertz CT molecular complexity index is 160. The Hall–Kier alpha value is -0.570. The predicted octanol–water partition coefficient (Wildman–Crippen LogP) is 1.04. The summed E-state index contributed by atoms with van der Waals surface area (Å²) in [6, 6.07) is 0. The van der Waals surface area contributed by atoms with Gasteiger partial charge in [-0.2, -0.15) is 0 Å². The van der Waals surface area contributed by atoms with Crippen LogP contribution in [0, 0.1) is 11.8 Å². The van der Waals surface area contributed by atoms with Crippen molar-refractivity contribution >= 4 is 5.84 Å². The van der Waals surface area contributed by atoms with Gasteiger partial charge in [0.2, 0.25) is 0 Å². The third-order valence-electron chi connectivity index (χ3n) is 2.15. The molecule has 1 aliphatic heterocycles. The van der Waals surface area contributed by atoms with Crippen molar-refractivity contribution in [2.75, 3.05) is 19.8 Å². The van der Waals surface area contributed by atoms with E-state index in [-0.39, 0.29) is 0 Å². The van der Waals surface area contributed by atoms with E-state index in [2.05, 4.69) is 18.8 Å². The van der Waals surface area contributed by atoms with Crippen LogP contribution in [-0.2, 0) is 4.74 Å². The first-order chi connectivity index (χ1) is 5.70. The van der Waals surface area contributed by atoms with Gasteiger partial charge >= 0.3 is 0 Å². The van der Waals surface area contributed by atoms with Crippen molar-refractivity contribution in [3.63, 3.8) is 0 Å². The van der Waals surface area contributed by atoms with E-state index >= 15 is 0 Å². The highest BCUT2D eigenvalue weighted by atomic mass is 16.5. The summed E-state index contributed by atoms with van der Waals surface area (Å²) < 4.78 is 5.24. The van der Waals surface area contributed by atoms with Gasteiger partial charge < -0.3 is 10.5 Å². The molecular weight excluding hydrogens is 152 g/mol. The van der Waals surface area contributed by atoms with E-state index in [9.17, 15) is 0 Å². The summed E-state index contributed by atoms with van der Waals surface area (Å²) in [5.41, 5.74) is 5.70. The number of rotatable bonds is 3. The van der Waals surface area contributed by atoms with Crippen LogP contribution in [0.3, 0.4) is 0 Å². The first kappa shape index (κ1) is 9.52. The quantitative estimate of drug-likeness (QED) is 0.508. The number of amidine groups is 1. The minimum Gasteiger partial charge on any atom is -0.387 e. The van der Waals surface area contributed by atoms with Crippen molar-refractivity contribution in [1.29, 1.82) is 0 Å². The van der Waals surface area contributed by atoms with Gasteiger partial charge in [0.25, 0.3) is 0 Å². The van der Waals surface area contributed by atoms with Crippen molar-refractivity contribution in [1.82, 2.24) is 0 Å². The van der Waals surface area contributed by atoms with Crippen molar-refractivity contribution in [2.24, 2.45) is 22.6 Å². The molecule has 0 amide bonds. The van der Waals surface area contributed by atoms with Crippen LogP contribution in [0.5, 0.6) is 0 Å². The Kier molecular flexibility index (Phi) is 3.53.